The molecule has 0 aliphatic rings. The normalized spacial score (nSPS) is 13.3. The van der Waals surface area contributed by atoms with Crippen LogP contribution in [-0.2, 0) is 15.5 Å². The Hall–Kier alpha value is -1.07. The molecule has 0 fully saturated rings. The first-order chi connectivity index (χ1) is 8.39. The zero-order valence-electron chi connectivity index (χ0n) is 11.4. The molecular formula is C13H21NO3S. The smallest absolute Gasteiger partial charge is 0.137 e. The van der Waals surface area contributed by atoms with Gasteiger partial charge in [0, 0.05) is 24.6 Å². The number of methoxy groups -OCH3 is 2. The highest BCUT2D eigenvalue weighted by molar-refractivity contribution is 7.85. The molecule has 0 aromatic heterocycles. The van der Waals surface area contributed by atoms with Crippen LogP contribution in [0.1, 0.15) is 20.3 Å². The van der Waals surface area contributed by atoms with Gasteiger partial charge in [0.2, 0.25) is 0 Å². The molecule has 0 bridgehead atoms. The topological polar surface area (TPSA) is 61.5 Å². The van der Waals surface area contributed by atoms with Gasteiger partial charge in [0.25, 0.3) is 0 Å². The van der Waals surface area contributed by atoms with E-state index in [4.69, 9.17) is 15.2 Å². The van der Waals surface area contributed by atoms with Crippen molar-refractivity contribution in [3.05, 3.63) is 18.2 Å². The SMILES string of the molecule is COc1cc(N)ccc1S(=O)CCC(C)(C)OC. The number of nitrogen functional groups attached to an aromatic ring is 1. The fourth-order valence-electron chi connectivity index (χ4n) is 1.42. The molecule has 0 aliphatic carbocycles. The maximum Gasteiger partial charge on any atom is 0.137 e. The lowest BCUT2D eigenvalue weighted by Gasteiger charge is -2.22. The van der Waals surface area contributed by atoms with Crippen molar-refractivity contribution in [2.75, 3.05) is 25.7 Å². The van der Waals surface area contributed by atoms with Gasteiger partial charge in [0.15, 0.2) is 0 Å². The van der Waals surface area contributed by atoms with Gasteiger partial charge in [0.05, 0.1) is 28.4 Å². The van der Waals surface area contributed by atoms with Crippen molar-refractivity contribution in [1.29, 1.82) is 0 Å². The number of ether oxygens (including phenoxy) is 2. The van der Waals surface area contributed by atoms with E-state index in [1.807, 2.05) is 13.8 Å². The molecule has 1 aromatic carbocycles. The average Bonchev–Trinajstić information content (AvgIpc) is 2.36. The number of nitrogens with two attached hydrogens (primary N) is 1. The van der Waals surface area contributed by atoms with Crippen molar-refractivity contribution in [3.63, 3.8) is 0 Å². The Labute approximate surface area is 111 Å². The standard InChI is InChI=1S/C13H21NO3S/c1-13(2,17-4)7-8-18(15)12-6-5-10(14)9-11(12)16-3/h5-6,9H,7-8,14H2,1-4H3. The highest BCUT2D eigenvalue weighted by Gasteiger charge is 2.19. The molecule has 0 radical (unpaired) electrons. The third-order valence-corrected chi connectivity index (χ3v) is 4.28. The van der Waals surface area contributed by atoms with Crippen molar-refractivity contribution in [3.8, 4) is 5.75 Å². The summed E-state index contributed by atoms with van der Waals surface area (Å²) in [5, 5.41) is 0. The summed E-state index contributed by atoms with van der Waals surface area (Å²) in [4.78, 5) is 0.679. The molecule has 102 valence electrons. The quantitative estimate of drug-likeness (QED) is 0.806. The molecule has 0 saturated heterocycles. The second-order valence-corrected chi connectivity index (χ2v) is 6.21. The third kappa shape index (κ3) is 3.99. The summed E-state index contributed by atoms with van der Waals surface area (Å²) in [5.41, 5.74) is 6.00. The Kier molecular flexibility index (Phi) is 5.16. The summed E-state index contributed by atoms with van der Waals surface area (Å²) in [6, 6.07) is 5.18. The molecule has 1 aromatic rings. The van der Waals surface area contributed by atoms with Crippen LogP contribution in [0.5, 0.6) is 5.75 Å². The number of anilines is 1. The van der Waals surface area contributed by atoms with E-state index < -0.39 is 10.8 Å². The van der Waals surface area contributed by atoms with Crippen molar-refractivity contribution in [1.82, 2.24) is 0 Å². The molecule has 1 unspecified atom stereocenters. The highest BCUT2D eigenvalue weighted by atomic mass is 32.2. The van der Waals surface area contributed by atoms with Crippen LogP contribution < -0.4 is 10.5 Å². The van der Waals surface area contributed by atoms with E-state index in [0.717, 1.165) is 0 Å². The van der Waals surface area contributed by atoms with Gasteiger partial charge in [-0.05, 0) is 32.4 Å². The van der Waals surface area contributed by atoms with Gasteiger partial charge in [-0.2, -0.15) is 0 Å². The fourth-order valence-corrected chi connectivity index (χ4v) is 2.91. The summed E-state index contributed by atoms with van der Waals surface area (Å²) in [5.74, 6) is 1.10. The second kappa shape index (κ2) is 6.20. The van der Waals surface area contributed by atoms with Gasteiger partial charge >= 0.3 is 0 Å². The lowest BCUT2D eigenvalue weighted by atomic mass is 10.1. The van der Waals surface area contributed by atoms with Crippen LogP contribution in [0, 0.1) is 0 Å². The Morgan fingerprint density at radius 2 is 2.00 bits per heavy atom. The summed E-state index contributed by atoms with van der Waals surface area (Å²) >= 11 is 0. The molecule has 1 rings (SSSR count). The summed E-state index contributed by atoms with van der Waals surface area (Å²) in [6.07, 6.45) is 0.712. The highest BCUT2D eigenvalue weighted by Crippen LogP contribution is 2.26. The van der Waals surface area contributed by atoms with E-state index in [0.29, 0.717) is 28.5 Å². The molecular weight excluding hydrogens is 250 g/mol. The molecule has 4 nitrogen and oxygen atoms in total. The first-order valence-corrected chi connectivity index (χ1v) is 7.08. The third-order valence-electron chi connectivity index (χ3n) is 2.88. The molecule has 5 heteroatoms. The molecule has 0 aliphatic heterocycles. The Balaban J connectivity index is 2.79. The van der Waals surface area contributed by atoms with Crippen molar-refractivity contribution < 1.29 is 13.7 Å². The lowest BCUT2D eigenvalue weighted by Crippen LogP contribution is -2.24. The van der Waals surface area contributed by atoms with Crippen LogP contribution >= 0.6 is 0 Å². The van der Waals surface area contributed by atoms with Crippen LogP contribution in [-0.4, -0.2) is 29.8 Å². The van der Waals surface area contributed by atoms with Crippen LogP contribution in [0.25, 0.3) is 0 Å². The second-order valence-electron chi connectivity index (χ2n) is 4.67. The van der Waals surface area contributed by atoms with E-state index >= 15 is 0 Å². The Morgan fingerprint density at radius 1 is 1.33 bits per heavy atom. The van der Waals surface area contributed by atoms with E-state index in [2.05, 4.69) is 0 Å². The van der Waals surface area contributed by atoms with Crippen molar-refractivity contribution in [2.24, 2.45) is 0 Å². The Bertz CT molecular complexity index is 432. The minimum absolute atomic E-state index is 0.267. The summed E-state index contributed by atoms with van der Waals surface area (Å²) in [7, 11) is 2.10. The first-order valence-electron chi connectivity index (χ1n) is 5.76. The van der Waals surface area contributed by atoms with E-state index in [9.17, 15) is 4.21 Å². The van der Waals surface area contributed by atoms with Gasteiger partial charge in [-0.1, -0.05) is 0 Å². The molecule has 2 N–H and O–H groups in total. The van der Waals surface area contributed by atoms with E-state index in [1.165, 1.54) is 0 Å². The molecule has 1 atom stereocenters. The molecule has 18 heavy (non-hydrogen) atoms. The summed E-state index contributed by atoms with van der Waals surface area (Å²) in [6.45, 7) is 3.95. The van der Waals surface area contributed by atoms with Crippen LogP contribution in [0.2, 0.25) is 0 Å². The van der Waals surface area contributed by atoms with Gasteiger partial charge in [0.1, 0.15) is 5.75 Å². The molecule has 0 heterocycles. The predicted octanol–water partition coefficient (Wildman–Crippen LogP) is 2.20. The largest absolute Gasteiger partial charge is 0.495 e. The van der Waals surface area contributed by atoms with Crippen molar-refractivity contribution >= 4 is 16.5 Å². The summed E-state index contributed by atoms with van der Waals surface area (Å²) < 4.78 is 22.7. The number of rotatable bonds is 6. The van der Waals surface area contributed by atoms with E-state index in [1.54, 1.807) is 32.4 Å². The van der Waals surface area contributed by atoms with Gasteiger partial charge < -0.3 is 15.2 Å². The number of benzene rings is 1. The molecule has 0 amide bonds. The van der Waals surface area contributed by atoms with Crippen LogP contribution in [0.3, 0.4) is 0 Å². The first kappa shape index (κ1) is 15.0. The zero-order chi connectivity index (χ0) is 13.8. The maximum atomic E-state index is 12.2. The van der Waals surface area contributed by atoms with Gasteiger partial charge in [-0.15, -0.1) is 0 Å². The minimum atomic E-state index is -1.11. The van der Waals surface area contributed by atoms with Gasteiger partial charge in [-0.25, -0.2) is 0 Å². The Morgan fingerprint density at radius 3 is 2.56 bits per heavy atom. The number of hydrogen-bond donors (Lipinski definition) is 1. The van der Waals surface area contributed by atoms with Gasteiger partial charge in [-0.3, -0.25) is 4.21 Å². The maximum absolute atomic E-state index is 12.2. The van der Waals surface area contributed by atoms with Crippen molar-refractivity contribution in [2.45, 2.75) is 30.8 Å². The minimum Gasteiger partial charge on any atom is -0.495 e. The van der Waals surface area contributed by atoms with Crippen LogP contribution in [0.15, 0.2) is 23.1 Å². The monoisotopic (exact) mass is 271 g/mol. The van der Waals surface area contributed by atoms with E-state index in [-0.39, 0.29) is 5.60 Å². The zero-order valence-corrected chi connectivity index (χ0v) is 12.2. The molecule has 0 saturated carbocycles. The molecule has 0 spiro atoms. The van der Waals surface area contributed by atoms with Crippen LogP contribution in [0.4, 0.5) is 5.69 Å². The average molecular weight is 271 g/mol. The fraction of sp³-hybridized carbons (Fsp3) is 0.538. The number of hydrogen-bond acceptors (Lipinski definition) is 4. The predicted molar refractivity (Wildman–Crippen MR) is 74.4 cm³/mol. The lowest BCUT2D eigenvalue weighted by molar-refractivity contribution is 0.0205.